The maximum absolute atomic E-state index is 10.5. The highest BCUT2D eigenvalue weighted by molar-refractivity contribution is 5.96. The van der Waals surface area contributed by atoms with Crippen LogP contribution in [0, 0.1) is 5.92 Å². The second kappa shape index (κ2) is 10.4. The van der Waals surface area contributed by atoms with Gasteiger partial charge < -0.3 is 10.2 Å². The molecule has 6 nitrogen and oxygen atoms in total. The number of aliphatic carboxylic acids is 2. The van der Waals surface area contributed by atoms with Gasteiger partial charge in [-0.25, -0.2) is 0 Å². The fraction of sp³-hybridized carbons (Fsp3) is 0.667. The van der Waals surface area contributed by atoms with Crippen molar-refractivity contribution in [1.29, 1.82) is 0 Å². The van der Waals surface area contributed by atoms with E-state index in [0.717, 1.165) is 6.42 Å². The van der Waals surface area contributed by atoms with Gasteiger partial charge in [-0.1, -0.05) is 13.8 Å². The lowest BCUT2D eigenvalue weighted by Gasteiger charge is -2.01. The van der Waals surface area contributed by atoms with Crippen LogP contribution in [-0.4, -0.2) is 33.7 Å². The first kappa shape index (κ1) is 18.6. The van der Waals surface area contributed by atoms with E-state index in [1.165, 1.54) is 6.92 Å². The van der Waals surface area contributed by atoms with Crippen LogP contribution in [0.25, 0.3) is 0 Å². The van der Waals surface area contributed by atoms with Gasteiger partial charge in [0.25, 0.3) is 0 Å². The molecule has 0 saturated carbocycles. The fourth-order valence-corrected chi connectivity index (χ4v) is 1.17. The second-order valence-corrected chi connectivity index (χ2v) is 3.77. The molecule has 0 aromatic rings. The first-order chi connectivity index (χ1) is 8.26. The predicted octanol–water partition coefficient (Wildman–Crippen LogP) is 1.52. The summed E-state index contributed by atoms with van der Waals surface area (Å²) in [7, 11) is 0. The third-order valence-corrected chi connectivity index (χ3v) is 2.07. The van der Waals surface area contributed by atoms with Gasteiger partial charge in [-0.05, 0) is 19.8 Å². The molecule has 1 atom stereocenters. The van der Waals surface area contributed by atoms with Gasteiger partial charge in [0.2, 0.25) is 0 Å². The Balaban J connectivity index is 0. The molecule has 0 saturated heterocycles. The molecule has 0 aliphatic rings. The zero-order chi connectivity index (χ0) is 14.7. The number of hydrogen-bond acceptors (Lipinski definition) is 4. The van der Waals surface area contributed by atoms with Gasteiger partial charge in [0.1, 0.15) is 23.9 Å². The van der Waals surface area contributed by atoms with E-state index >= 15 is 0 Å². The Morgan fingerprint density at radius 1 is 1.06 bits per heavy atom. The monoisotopic (exact) mass is 260 g/mol. The summed E-state index contributed by atoms with van der Waals surface area (Å²) >= 11 is 0. The van der Waals surface area contributed by atoms with Crippen LogP contribution in [0.5, 0.6) is 0 Å². The van der Waals surface area contributed by atoms with Crippen molar-refractivity contribution in [2.24, 2.45) is 5.92 Å². The van der Waals surface area contributed by atoms with E-state index in [9.17, 15) is 19.2 Å². The van der Waals surface area contributed by atoms with Crippen LogP contribution in [0.4, 0.5) is 0 Å². The number of carbonyl (C=O) groups is 4. The Morgan fingerprint density at radius 2 is 1.56 bits per heavy atom. The average Bonchev–Trinajstić information content (AvgIpc) is 2.16. The molecular weight excluding hydrogens is 240 g/mol. The smallest absolute Gasteiger partial charge is 0.314 e. The van der Waals surface area contributed by atoms with Crippen LogP contribution < -0.4 is 0 Å². The van der Waals surface area contributed by atoms with E-state index < -0.39 is 17.9 Å². The molecule has 0 bridgehead atoms. The highest BCUT2D eigenvalue weighted by Gasteiger charge is 2.19. The average molecular weight is 260 g/mol. The molecule has 0 aliphatic carbocycles. The fourth-order valence-electron chi connectivity index (χ4n) is 1.17. The Bertz CT molecular complexity index is 291. The molecule has 0 fully saturated rings. The minimum absolute atomic E-state index is 0.190. The van der Waals surface area contributed by atoms with Gasteiger partial charge in [-0.3, -0.25) is 19.2 Å². The highest BCUT2D eigenvalue weighted by Crippen LogP contribution is 2.02. The number of rotatable bonds is 7. The molecule has 0 amide bonds. The van der Waals surface area contributed by atoms with Crippen LogP contribution >= 0.6 is 0 Å². The van der Waals surface area contributed by atoms with Gasteiger partial charge in [0.15, 0.2) is 0 Å². The lowest BCUT2D eigenvalue weighted by molar-refractivity contribution is -0.146. The van der Waals surface area contributed by atoms with Crippen molar-refractivity contribution in [1.82, 2.24) is 0 Å². The first-order valence-corrected chi connectivity index (χ1v) is 5.72. The molecule has 104 valence electrons. The number of carboxylic acid groups (broad SMARTS) is 2. The van der Waals surface area contributed by atoms with Crippen molar-refractivity contribution < 1.29 is 29.4 Å². The van der Waals surface area contributed by atoms with Crippen LogP contribution in [0.1, 0.15) is 46.5 Å². The minimum Gasteiger partial charge on any atom is -0.481 e. The molecule has 6 heteroatoms. The first-order valence-electron chi connectivity index (χ1n) is 5.72. The zero-order valence-electron chi connectivity index (χ0n) is 10.9. The number of carboxylic acids is 2. The van der Waals surface area contributed by atoms with Crippen molar-refractivity contribution >= 4 is 23.5 Å². The van der Waals surface area contributed by atoms with E-state index in [2.05, 4.69) is 0 Å². The Kier molecular flexibility index (Phi) is 10.8. The molecule has 0 aromatic carbocycles. The summed E-state index contributed by atoms with van der Waals surface area (Å²) in [5, 5.41) is 16.4. The van der Waals surface area contributed by atoms with Crippen LogP contribution in [0.15, 0.2) is 0 Å². The summed E-state index contributed by atoms with van der Waals surface area (Å²) < 4.78 is 0. The molecule has 2 N–H and O–H groups in total. The van der Waals surface area contributed by atoms with Crippen molar-refractivity contribution in [2.45, 2.75) is 46.5 Å². The van der Waals surface area contributed by atoms with Gasteiger partial charge in [0.05, 0.1) is 0 Å². The number of carbonyl (C=O) groups excluding carboxylic acids is 2. The summed E-state index contributed by atoms with van der Waals surface area (Å²) in [5.74, 6) is -3.32. The van der Waals surface area contributed by atoms with Crippen molar-refractivity contribution in [3.05, 3.63) is 0 Å². The van der Waals surface area contributed by atoms with Crippen LogP contribution in [0.2, 0.25) is 0 Å². The second-order valence-electron chi connectivity index (χ2n) is 3.77. The molecule has 0 aromatic heterocycles. The number of ketones is 2. The van der Waals surface area contributed by atoms with Gasteiger partial charge in [-0.15, -0.1) is 0 Å². The molecule has 0 radical (unpaired) electrons. The van der Waals surface area contributed by atoms with Crippen molar-refractivity contribution in [2.75, 3.05) is 0 Å². The molecule has 0 rings (SSSR count). The quantitative estimate of drug-likeness (QED) is 0.672. The third kappa shape index (κ3) is 10.8. The summed E-state index contributed by atoms with van der Waals surface area (Å²) in [6, 6.07) is 0. The van der Waals surface area contributed by atoms with E-state index in [4.69, 9.17) is 10.2 Å². The molecular formula is C12H20O6. The number of hydrogen-bond donors (Lipinski definition) is 2. The predicted molar refractivity (Wildman–Crippen MR) is 64.3 cm³/mol. The Hall–Kier alpha value is -1.72. The summed E-state index contributed by atoms with van der Waals surface area (Å²) in [6.07, 6.45) is 1.16. The SMILES string of the molecule is CCC(C(C)=O)C(=O)O.CCCC(=O)CC(=O)O. The largest absolute Gasteiger partial charge is 0.481 e. The summed E-state index contributed by atoms with van der Waals surface area (Å²) in [5.41, 5.74) is 0. The number of Topliss-reactive ketones (excluding diaryl/α,β-unsaturated/α-hetero) is 2. The molecule has 0 heterocycles. The Labute approximate surface area is 106 Å². The standard InChI is InChI=1S/2C6H10O3/c1-3-5(4(2)7)6(8)9;1-2-3-5(7)4-6(8)9/h5H,3H2,1-2H3,(H,8,9);2-4H2,1H3,(H,8,9). The molecule has 0 aliphatic heterocycles. The maximum atomic E-state index is 10.5. The summed E-state index contributed by atoms with van der Waals surface area (Å²) in [4.78, 5) is 40.9. The normalized spacial score (nSPS) is 10.8. The molecule has 0 spiro atoms. The van der Waals surface area contributed by atoms with Gasteiger partial charge in [-0.2, -0.15) is 0 Å². The van der Waals surface area contributed by atoms with Gasteiger partial charge in [0, 0.05) is 6.42 Å². The molecule has 1 unspecified atom stereocenters. The van der Waals surface area contributed by atoms with Crippen molar-refractivity contribution in [3.63, 3.8) is 0 Å². The lowest BCUT2D eigenvalue weighted by atomic mass is 10.0. The van der Waals surface area contributed by atoms with E-state index in [1.807, 2.05) is 6.92 Å². The van der Waals surface area contributed by atoms with E-state index in [1.54, 1.807) is 6.92 Å². The zero-order valence-corrected chi connectivity index (χ0v) is 10.9. The minimum atomic E-state index is -1.03. The topological polar surface area (TPSA) is 109 Å². The maximum Gasteiger partial charge on any atom is 0.314 e. The van der Waals surface area contributed by atoms with Crippen LogP contribution in [0.3, 0.4) is 0 Å². The Morgan fingerprint density at radius 3 is 1.72 bits per heavy atom. The van der Waals surface area contributed by atoms with E-state index in [0.29, 0.717) is 12.8 Å². The van der Waals surface area contributed by atoms with E-state index in [-0.39, 0.29) is 18.0 Å². The third-order valence-electron chi connectivity index (χ3n) is 2.07. The van der Waals surface area contributed by atoms with Crippen molar-refractivity contribution in [3.8, 4) is 0 Å². The van der Waals surface area contributed by atoms with Gasteiger partial charge >= 0.3 is 11.9 Å². The van der Waals surface area contributed by atoms with Crippen LogP contribution in [-0.2, 0) is 19.2 Å². The molecule has 18 heavy (non-hydrogen) atoms. The lowest BCUT2D eigenvalue weighted by Crippen LogP contribution is -2.19. The summed E-state index contributed by atoms with van der Waals surface area (Å²) in [6.45, 7) is 4.82. The highest BCUT2D eigenvalue weighted by atomic mass is 16.4.